The third kappa shape index (κ3) is 4.50. The van der Waals surface area contributed by atoms with Crippen molar-refractivity contribution >= 4 is 40.0 Å². The fourth-order valence-corrected chi connectivity index (χ4v) is 3.12. The second-order valence-corrected chi connectivity index (χ2v) is 7.62. The Kier molecular flexibility index (Phi) is 5.72. The number of hydrogen-bond acceptors (Lipinski definition) is 5. The first kappa shape index (κ1) is 19.2. The Morgan fingerprint density at radius 1 is 1.32 bits per heavy atom. The Morgan fingerprint density at radius 3 is 2.56 bits per heavy atom. The molecular formula is C17H21BrN2O5. The van der Waals surface area contributed by atoms with E-state index < -0.39 is 23.7 Å². The molecule has 1 amide bonds. The van der Waals surface area contributed by atoms with Gasteiger partial charge in [-0.3, -0.25) is 9.69 Å². The quantitative estimate of drug-likeness (QED) is 0.767. The highest BCUT2D eigenvalue weighted by Crippen LogP contribution is 2.28. The summed E-state index contributed by atoms with van der Waals surface area (Å²) in [5.74, 6) is -1.11. The maximum atomic E-state index is 12.3. The SMILES string of the molecule is CC(C)(C)OC(=O)N1CCN(c2cccc(Br)c2C=O)CC1C(=O)O. The van der Waals surface area contributed by atoms with E-state index in [0.717, 1.165) is 6.29 Å². The van der Waals surface area contributed by atoms with Gasteiger partial charge in [-0.15, -0.1) is 0 Å². The normalized spacial score (nSPS) is 18.0. The Hall–Kier alpha value is -2.09. The third-order valence-corrected chi connectivity index (χ3v) is 4.47. The fourth-order valence-electron chi connectivity index (χ4n) is 2.67. The summed E-state index contributed by atoms with van der Waals surface area (Å²) in [6.45, 7) is 5.86. The van der Waals surface area contributed by atoms with Gasteiger partial charge in [-0.2, -0.15) is 0 Å². The van der Waals surface area contributed by atoms with Crippen LogP contribution in [0.1, 0.15) is 31.1 Å². The molecule has 2 rings (SSSR count). The Morgan fingerprint density at radius 2 is 2.00 bits per heavy atom. The standard InChI is InChI=1S/C17H21BrN2O5/c1-17(2,3)25-16(24)20-8-7-19(9-14(20)15(22)23)13-6-4-5-12(18)11(13)10-21/h4-6,10,14H,7-9H2,1-3H3,(H,22,23). The topological polar surface area (TPSA) is 87.2 Å². The lowest BCUT2D eigenvalue weighted by Crippen LogP contribution is -2.59. The summed E-state index contributed by atoms with van der Waals surface area (Å²) < 4.78 is 5.94. The Labute approximate surface area is 154 Å². The van der Waals surface area contributed by atoms with Crippen molar-refractivity contribution in [1.29, 1.82) is 0 Å². The van der Waals surface area contributed by atoms with Gasteiger partial charge < -0.3 is 14.7 Å². The van der Waals surface area contributed by atoms with Gasteiger partial charge in [0.2, 0.25) is 0 Å². The summed E-state index contributed by atoms with van der Waals surface area (Å²) in [6, 6.07) is 4.24. The molecule has 0 bridgehead atoms. The molecule has 0 radical (unpaired) electrons. The molecule has 1 atom stereocenters. The predicted octanol–water partition coefficient (Wildman–Crippen LogP) is 2.77. The minimum absolute atomic E-state index is 0.0753. The van der Waals surface area contributed by atoms with E-state index in [2.05, 4.69) is 15.9 Å². The van der Waals surface area contributed by atoms with Gasteiger partial charge in [0.15, 0.2) is 6.29 Å². The maximum Gasteiger partial charge on any atom is 0.411 e. The molecule has 25 heavy (non-hydrogen) atoms. The highest BCUT2D eigenvalue weighted by Gasteiger charge is 2.38. The van der Waals surface area contributed by atoms with E-state index in [-0.39, 0.29) is 13.1 Å². The van der Waals surface area contributed by atoms with E-state index in [1.165, 1.54) is 4.90 Å². The molecule has 1 aromatic rings. The summed E-state index contributed by atoms with van der Waals surface area (Å²) in [6.07, 6.45) is 0.0829. The number of carboxylic acid groups (broad SMARTS) is 1. The number of nitrogens with zero attached hydrogens (tertiary/aromatic N) is 2. The first-order valence-electron chi connectivity index (χ1n) is 7.85. The summed E-state index contributed by atoms with van der Waals surface area (Å²) >= 11 is 3.33. The summed E-state index contributed by atoms with van der Waals surface area (Å²) in [4.78, 5) is 38.4. The van der Waals surface area contributed by atoms with Crippen LogP contribution in [0.2, 0.25) is 0 Å². The van der Waals surface area contributed by atoms with Crippen molar-refractivity contribution in [3.8, 4) is 0 Å². The summed E-state index contributed by atoms with van der Waals surface area (Å²) in [5, 5.41) is 9.55. The fraction of sp³-hybridized carbons (Fsp3) is 0.471. The van der Waals surface area contributed by atoms with Crippen LogP contribution in [-0.2, 0) is 9.53 Å². The van der Waals surface area contributed by atoms with Gasteiger partial charge in [-0.25, -0.2) is 9.59 Å². The van der Waals surface area contributed by atoms with Crippen molar-refractivity contribution in [1.82, 2.24) is 4.90 Å². The van der Waals surface area contributed by atoms with Crippen molar-refractivity contribution in [2.75, 3.05) is 24.5 Å². The van der Waals surface area contributed by atoms with Crippen molar-refractivity contribution in [3.05, 3.63) is 28.2 Å². The molecule has 0 saturated carbocycles. The summed E-state index contributed by atoms with van der Waals surface area (Å²) in [5.41, 5.74) is 0.392. The monoisotopic (exact) mass is 412 g/mol. The number of anilines is 1. The molecule has 1 aliphatic heterocycles. The molecule has 136 valence electrons. The predicted molar refractivity (Wildman–Crippen MR) is 96.1 cm³/mol. The number of benzene rings is 1. The van der Waals surface area contributed by atoms with Gasteiger partial charge in [0.1, 0.15) is 11.6 Å². The molecule has 1 fully saturated rings. The van der Waals surface area contributed by atoms with Gasteiger partial charge in [0.25, 0.3) is 0 Å². The minimum atomic E-state index is -1.11. The molecule has 0 aromatic heterocycles. The van der Waals surface area contributed by atoms with Gasteiger partial charge in [-0.05, 0) is 48.8 Å². The van der Waals surface area contributed by atoms with Crippen LogP contribution in [0.15, 0.2) is 22.7 Å². The maximum absolute atomic E-state index is 12.3. The van der Waals surface area contributed by atoms with Crippen molar-refractivity contribution in [2.45, 2.75) is 32.4 Å². The Bertz CT molecular complexity index is 686. The van der Waals surface area contributed by atoms with Gasteiger partial charge in [0, 0.05) is 29.8 Å². The number of aliphatic carboxylic acids is 1. The second kappa shape index (κ2) is 7.43. The number of aldehydes is 1. The zero-order valence-electron chi connectivity index (χ0n) is 14.4. The zero-order chi connectivity index (χ0) is 18.8. The zero-order valence-corrected chi connectivity index (χ0v) is 15.9. The average molecular weight is 413 g/mol. The van der Waals surface area contributed by atoms with Crippen LogP contribution in [0, 0.1) is 0 Å². The van der Waals surface area contributed by atoms with Crippen LogP contribution in [-0.4, -0.2) is 59.6 Å². The van der Waals surface area contributed by atoms with Crippen molar-refractivity contribution in [3.63, 3.8) is 0 Å². The largest absolute Gasteiger partial charge is 0.480 e. The summed E-state index contributed by atoms with van der Waals surface area (Å²) in [7, 11) is 0. The molecule has 1 unspecified atom stereocenters. The van der Waals surface area contributed by atoms with Crippen LogP contribution >= 0.6 is 15.9 Å². The molecule has 1 aromatic carbocycles. The van der Waals surface area contributed by atoms with Gasteiger partial charge in [0.05, 0.1) is 5.56 Å². The molecule has 1 aliphatic rings. The van der Waals surface area contributed by atoms with Crippen molar-refractivity contribution < 1.29 is 24.2 Å². The number of amides is 1. The average Bonchev–Trinajstić information content (AvgIpc) is 2.52. The molecule has 0 aliphatic carbocycles. The Balaban J connectivity index is 2.25. The highest BCUT2D eigenvalue weighted by molar-refractivity contribution is 9.10. The van der Waals surface area contributed by atoms with Gasteiger partial charge >= 0.3 is 12.1 Å². The van der Waals surface area contributed by atoms with Crippen LogP contribution < -0.4 is 4.90 Å². The molecule has 0 spiro atoms. The van der Waals surface area contributed by atoms with Crippen LogP contribution in [0.25, 0.3) is 0 Å². The van der Waals surface area contributed by atoms with Crippen molar-refractivity contribution in [2.24, 2.45) is 0 Å². The number of rotatable bonds is 3. The number of piperazine rings is 1. The molecule has 1 N–H and O–H groups in total. The number of ether oxygens (including phenoxy) is 1. The molecule has 1 heterocycles. The van der Waals surface area contributed by atoms with E-state index in [1.54, 1.807) is 43.9 Å². The van der Waals surface area contributed by atoms with E-state index >= 15 is 0 Å². The number of carbonyl (C=O) groups is 3. The van der Waals surface area contributed by atoms with Crippen LogP contribution in [0.4, 0.5) is 10.5 Å². The van der Waals surface area contributed by atoms with E-state index in [4.69, 9.17) is 4.74 Å². The molecular weight excluding hydrogens is 392 g/mol. The smallest absolute Gasteiger partial charge is 0.411 e. The van der Waals surface area contributed by atoms with E-state index in [0.29, 0.717) is 22.3 Å². The molecule has 1 saturated heterocycles. The van der Waals surface area contributed by atoms with E-state index in [9.17, 15) is 19.5 Å². The first-order valence-corrected chi connectivity index (χ1v) is 8.64. The number of halogens is 1. The van der Waals surface area contributed by atoms with Crippen LogP contribution in [0.3, 0.4) is 0 Å². The van der Waals surface area contributed by atoms with Gasteiger partial charge in [-0.1, -0.05) is 6.07 Å². The molecule has 8 heteroatoms. The first-order chi connectivity index (χ1) is 11.6. The highest BCUT2D eigenvalue weighted by atomic mass is 79.9. The van der Waals surface area contributed by atoms with Crippen LogP contribution in [0.5, 0.6) is 0 Å². The number of carbonyl (C=O) groups excluding carboxylic acids is 2. The second-order valence-electron chi connectivity index (χ2n) is 6.76. The lowest BCUT2D eigenvalue weighted by atomic mass is 10.1. The third-order valence-electron chi connectivity index (χ3n) is 3.78. The number of carboxylic acids is 1. The van der Waals surface area contributed by atoms with E-state index in [1.807, 2.05) is 0 Å². The minimum Gasteiger partial charge on any atom is -0.480 e. The lowest BCUT2D eigenvalue weighted by Gasteiger charge is -2.41. The lowest BCUT2D eigenvalue weighted by molar-refractivity contribution is -0.143. The molecule has 7 nitrogen and oxygen atoms in total. The number of hydrogen-bond donors (Lipinski definition) is 1.